The summed E-state index contributed by atoms with van der Waals surface area (Å²) in [5.41, 5.74) is 1.52. The third-order valence-electron chi connectivity index (χ3n) is 6.03. The molecular formula is C28H27N3O7. The second-order valence-electron chi connectivity index (χ2n) is 8.63. The molecule has 0 radical (unpaired) electrons. The van der Waals surface area contributed by atoms with E-state index in [-0.39, 0.29) is 42.1 Å². The van der Waals surface area contributed by atoms with Gasteiger partial charge in [-0.2, -0.15) is 10.1 Å². The molecule has 4 rings (SSSR count). The van der Waals surface area contributed by atoms with E-state index in [9.17, 15) is 19.2 Å². The zero-order chi connectivity index (χ0) is 27.4. The number of amides is 1. The lowest BCUT2D eigenvalue weighted by Crippen LogP contribution is -2.23. The summed E-state index contributed by atoms with van der Waals surface area (Å²) < 4.78 is 12.3. The highest BCUT2D eigenvalue weighted by molar-refractivity contribution is 6.54. The molecule has 0 bridgehead atoms. The van der Waals surface area contributed by atoms with E-state index >= 15 is 0 Å². The number of aromatic nitrogens is 1. The largest absolute Gasteiger partial charge is 0.478 e. The number of para-hydroxylation sites is 1. The maximum atomic E-state index is 13.5. The third kappa shape index (κ3) is 5.34. The van der Waals surface area contributed by atoms with Crippen LogP contribution in [0.2, 0.25) is 0 Å². The van der Waals surface area contributed by atoms with Gasteiger partial charge in [0, 0.05) is 22.7 Å². The first kappa shape index (κ1) is 26.3. The molecule has 196 valence electrons. The Bertz CT molecular complexity index is 1470. The number of hydrazone groups is 1. The summed E-state index contributed by atoms with van der Waals surface area (Å²) in [7, 11) is 0. The molecule has 3 aromatic rings. The van der Waals surface area contributed by atoms with E-state index in [0.717, 1.165) is 15.9 Å². The Morgan fingerprint density at radius 2 is 1.79 bits per heavy atom. The van der Waals surface area contributed by atoms with Gasteiger partial charge in [-0.05, 0) is 56.7 Å². The second kappa shape index (κ2) is 11.1. The Labute approximate surface area is 218 Å². The van der Waals surface area contributed by atoms with E-state index < -0.39 is 17.8 Å². The van der Waals surface area contributed by atoms with Crippen molar-refractivity contribution in [2.75, 3.05) is 11.6 Å². The van der Waals surface area contributed by atoms with Crippen molar-refractivity contribution in [1.29, 1.82) is 0 Å². The number of carbonyl (C=O) groups is 4. The summed E-state index contributed by atoms with van der Waals surface area (Å²) in [6, 6.07) is 12.9. The van der Waals surface area contributed by atoms with Crippen molar-refractivity contribution < 1.29 is 33.8 Å². The van der Waals surface area contributed by atoms with Gasteiger partial charge in [-0.3, -0.25) is 9.59 Å². The van der Waals surface area contributed by atoms with E-state index in [1.165, 1.54) is 24.3 Å². The van der Waals surface area contributed by atoms with Gasteiger partial charge >= 0.3 is 17.9 Å². The quantitative estimate of drug-likeness (QED) is 0.335. The first-order valence-electron chi connectivity index (χ1n) is 12.2. The normalized spacial score (nSPS) is 15.0. The second-order valence-corrected chi connectivity index (χ2v) is 8.63. The molecule has 2 aromatic carbocycles. The summed E-state index contributed by atoms with van der Waals surface area (Å²) >= 11 is 0. The van der Waals surface area contributed by atoms with Crippen LogP contribution in [0.4, 0.5) is 5.69 Å². The van der Waals surface area contributed by atoms with Crippen molar-refractivity contribution in [2.24, 2.45) is 5.10 Å². The maximum absolute atomic E-state index is 13.5. The fraction of sp³-hybridized carbons (Fsp3) is 0.250. The first-order valence-corrected chi connectivity index (χ1v) is 12.2. The fourth-order valence-electron chi connectivity index (χ4n) is 3.98. The Morgan fingerprint density at radius 1 is 1.08 bits per heavy atom. The molecular weight excluding hydrogens is 490 g/mol. The average Bonchev–Trinajstić information content (AvgIpc) is 3.41. The van der Waals surface area contributed by atoms with Gasteiger partial charge in [0.05, 0.1) is 29.5 Å². The van der Waals surface area contributed by atoms with Crippen molar-refractivity contribution >= 4 is 52.2 Å². The monoisotopic (exact) mass is 517 g/mol. The summed E-state index contributed by atoms with van der Waals surface area (Å²) in [4.78, 5) is 49.9. The number of carbonyl (C=O) groups excluding carboxylic acids is 3. The van der Waals surface area contributed by atoms with Crippen LogP contribution in [0.1, 0.15) is 43.1 Å². The molecule has 10 nitrogen and oxygen atoms in total. The van der Waals surface area contributed by atoms with E-state index in [4.69, 9.17) is 14.6 Å². The maximum Gasteiger partial charge on any atom is 0.359 e. The lowest BCUT2D eigenvalue weighted by Gasteiger charge is -2.11. The van der Waals surface area contributed by atoms with Gasteiger partial charge in [0.25, 0.3) is 5.91 Å². The topological polar surface area (TPSA) is 128 Å². The predicted molar refractivity (Wildman–Crippen MR) is 141 cm³/mol. The first-order chi connectivity index (χ1) is 18.2. The molecule has 1 unspecified atom stereocenters. The third-order valence-corrected chi connectivity index (χ3v) is 6.03. The number of anilines is 1. The van der Waals surface area contributed by atoms with Crippen molar-refractivity contribution in [3.8, 4) is 0 Å². The van der Waals surface area contributed by atoms with Crippen molar-refractivity contribution in [1.82, 2.24) is 4.57 Å². The minimum atomic E-state index is -1.11. The molecule has 1 N–H and O–H groups in total. The minimum absolute atomic E-state index is 0.0100. The van der Waals surface area contributed by atoms with Gasteiger partial charge in [-0.25, -0.2) is 9.59 Å². The van der Waals surface area contributed by atoms with E-state index in [0.29, 0.717) is 17.7 Å². The summed E-state index contributed by atoms with van der Waals surface area (Å²) in [6.45, 7) is 5.46. The van der Waals surface area contributed by atoms with Gasteiger partial charge in [0.15, 0.2) is 5.71 Å². The smallest absolute Gasteiger partial charge is 0.359 e. The van der Waals surface area contributed by atoms with Crippen LogP contribution >= 0.6 is 0 Å². The van der Waals surface area contributed by atoms with Gasteiger partial charge in [-0.1, -0.05) is 25.1 Å². The Balaban J connectivity index is 1.75. The number of carboxylic acids is 1. The lowest BCUT2D eigenvalue weighted by atomic mass is 10.1. The van der Waals surface area contributed by atoms with Crippen molar-refractivity contribution in [3.05, 3.63) is 71.4 Å². The average molecular weight is 518 g/mol. The van der Waals surface area contributed by atoms with Gasteiger partial charge < -0.3 is 19.1 Å². The van der Waals surface area contributed by atoms with Crippen molar-refractivity contribution in [3.63, 3.8) is 0 Å². The van der Waals surface area contributed by atoms with Crippen LogP contribution in [-0.2, 0) is 30.4 Å². The molecule has 38 heavy (non-hydrogen) atoms. The van der Waals surface area contributed by atoms with Crippen molar-refractivity contribution in [2.45, 2.75) is 39.8 Å². The molecule has 1 amide bonds. The molecule has 1 aromatic heterocycles. The number of esters is 2. The highest BCUT2D eigenvalue weighted by Crippen LogP contribution is 2.29. The number of hydrogen-bond donors (Lipinski definition) is 1. The number of carboxylic acid groups (broad SMARTS) is 1. The molecule has 0 saturated heterocycles. The number of ether oxygens (including phenoxy) is 2. The van der Waals surface area contributed by atoms with Gasteiger partial charge in [-0.15, -0.1) is 0 Å². The molecule has 0 fully saturated rings. The summed E-state index contributed by atoms with van der Waals surface area (Å²) in [5.74, 6) is -2.84. The van der Waals surface area contributed by atoms with E-state index in [2.05, 4.69) is 5.10 Å². The minimum Gasteiger partial charge on any atom is -0.478 e. The van der Waals surface area contributed by atoms with Crippen LogP contribution < -0.4 is 5.01 Å². The van der Waals surface area contributed by atoms with Crippen LogP contribution in [0, 0.1) is 0 Å². The number of hydrogen-bond acceptors (Lipinski definition) is 7. The molecule has 2 heterocycles. The zero-order valence-electron chi connectivity index (χ0n) is 21.2. The highest BCUT2D eigenvalue weighted by Gasteiger charge is 2.36. The van der Waals surface area contributed by atoms with Crippen LogP contribution in [-0.4, -0.2) is 51.9 Å². The number of fused-ring (bicyclic) bond motifs is 1. The van der Waals surface area contributed by atoms with Crippen LogP contribution in [0.5, 0.6) is 0 Å². The zero-order valence-corrected chi connectivity index (χ0v) is 21.2. The Hall–Kier alpha value is -4.73. The van der Waals surface area contributed by atoms with Crippen LogP contribution in [0.15, 0.2) is 65.4 Å². The Kier molecular flexibility index (Phi) is 7.71. The molecule has 1 atom stereocenters. The van der Waals surface area contributed by atoms with Gasteiger partial charge in [0.2, 0.25) is 0 Å². The summed E-state index contributed by atoms with van der Waals surface area (Å²) in [6.07, 6.45) is 3.75. The number of nitrogens with zero attached hydrogens (tertiary/aromatic N) is 3. The van der Waals surface area contributed by atoms with E-state index in [1.807, 2.05) is 38.1 Å². The molecule has 0 aliphatic carbocycles. The number of aromatic carboxylic acids is 1. The van der Waals surface area contributed by atoms with Gasteiger partial charge in [0.1, 0.15) is 6.54 Å². The Morgan fingerprint density at radius 3 is 2.45 bits per heavy atom. The van der Waals surface area contributed by atoms with Crippen LogP contribution in [0.3, 0.4) is 0 Å². The lowest BCUT2D eigenvalue weighted by molar-refractivity contribution is -0.149. The standard InChI is InChI=1S/C28H27N3O7/c1-4-17(3)38-24(32)16-30-15-19(21-8-6-7-9-23(21)30)14-22-25(28(36)37-5-2)29-31(26(22)33)20-12-10-18(11-13-20)27(34)35/h6-15,17H,4-5,16H2,1-3H3,(H,34,35). The number of rotatable bonds is 9. The molecule has 1 aliphatic rings. The summed E-state index contributed by atoms with van der Waals surface area (Å²) in [5, 5.41) is 15.2. The molecule has 0 saturated carbocycles. The molecule has 0 spiro atoms. The fourth-order valence-corrected chi connectivity index (χ4v) is 3.98. The van der Waals surface area contributed by atoms with Crippen LogP contribution in [0.25, 0.3) is 17.0 Å². The SMILES string of the molecule is CCOC(=O)C1=NN(c2ccc(C(=O)O)cc2)C(=O)C1=Cc1cn(CC(=O)OC(C)CC)c2ccccc12. The molecule has 10 heteroatoms. The van der Waals surface area contributed by atoms with E-state index in [1.54, 1.807) is 23.8 Å². The predicted octanol–water partition coefficient (Wildman–Crippen LogP) is 4.03. The number of benzene rings is 2. The highest BCUT2D eigenvalue weighted by atomic mass is 16.5. The molecule has 1 aliphatic heterocycles.